The lowest BCUT2D eigenvalue weighted by Gasteiger charge is -2.20. The van der Waals surface area contributed by atoms with Crippen molar-refractivity contribution < 1.29 is 0 Å². The van der Waals surface area contributed by atoms with E-state index in [0.717, 1.165) is 6.67 Å². The quantitative estimate of drug-likeness (QED) is 0.520. The maximum absolute atomic E-state index is 3.61. The Labute approximate surface area is 57.1 Å². The SMILES string of the molecule is C=CN(C)CN(C)C=C. The molecule has 0 unspecified atom stereocenters. The van der Waals surface area contributed by atoms with Crippen LogP contribution >= 0.6 is 0 Å². The summed E-state index contributed by atoms with van der Waals surface area (Å²) in [6.07, 6.45) is 3.56. The van der Waals surface area contributed by atoms with Crippen molar-refractivity contribution in [2.75, 3.05) is 20.8 Å². The van der Waals surface area contributed by atoms with Crippen LogP contribution in [0.15, 0.2) is 25.6 Å². The highest BCUT2D eigenvalue weighted by Gasteiger charge is 1.89. The molecule has 0 heterocycles. The third kappa shape index (κ3) is 3.64. The van der Waals surface area contributed by atoms with Crippen LogP contribution in [0.5, 0.6) is 0 Å². The third-order valence-corrected chi connectivity index (χ3v) is 1.07. The summed E-state index contributed by atoms with van der Waals surface area (Å²) in [6, 6.07) is 0. The molecule has 0 atom stereocenters. The van der Waals surface area contributed by atoms with Gasteiger partial charge >= 0.3 is 0 Å². The molecule has 0 fully saturated rings. The van der Waals surface area contributed by atoms with E-state index in [-0.39, 0.29) is 0 Å². The summed E-state index contributed by atoms with van der Waals surface area (Å²) in [7, 11) is 3.93. The van der Waals surface area contributed by atoms with E-state index in [1.165, 1.54) is 0 Å². The lowest BCUT2D eigenvalue weighted by Crippen LogP contribution is -2.24. The maximum atomic E-state index is 3.61. The van der Waals surface area contributed by atoms with E-state index in [0.29, 0.717) is 0 Å². The first-order valence-corrected chi connectivity index (χ1v) is 2.86. The molecule has 0 radical (unpaired) electrons. The van der Waals surface area contributed by atoms with E-state index in [1.807, 2.05) is 23.9 Å². The molecule has 0 aliphatic carbocycles. The van der Waals surface area contributed by atoms with Gasteiger partial charge in [0, 0.05) is 14.1 Å². The average Bonchev–Trinajstić information content (AvgIpc) is 1.87. The molecule has 9 heavy (non-hydrogen) atoms. The van der Waals surface area contributed by atoms with Gasteiger partial charge < -0.3 is 9.80 Å². The number of rotatable bonds is 4. The topological polar surface area (TPSA) is 6.48 Å². The van der Waals surface area contributed by atoms with Gasteiger partial charge in [0.2, 0.25) is 0 Å². The Hall–Kier alpha value is -0.920. The summed E-state index contributed by atoms with van der Waals surface area (Å²) >= 11 is 0. The van der Waals surface area contributed by atoms with Gasteiger partial charge in [-0.25, -0.2) is 0 Å². The molecule has 52 valence electrons. The van der Waals surface area contributed by atoms with Crippen LogP contribution in [0.4, 0.5) is 0 Å². The van der Waals surface area contributed by atoms with Crippen molar-refractivity contribution in [2.45, 2.75) is 0 Å². The van der Waals surface area contributed by atoms with Gasteiger partial charge in [0.15, 0.2) is 0 Å². The summed E-state index contributed by atoms with van der Waals surface area (Å²) in [5, 5.41) is 0. The van der Waals surface area contributed by atoms with E-state index in [4.69, 9.17) is 0 Å². The number of hydrogen-bond donors (Lipinski definition) is 0. The second kappa shape index (κ2) is 4.01. The maximum Gasteiger partial charge on any atom is 0.0886 e. The van der Waals surface area contributed by atoms with Crippen LogP contribution < -0.4 is 0 Å². The zero-order valence-electron chi connectivity index (χ0n) is 6.17. The standard InChI is InChI=1S/C7H14N2/c1-5-8(3)7-9(4)6-2/h5-6H,1-2,7H2,3-4H3. The highest BCUT2D eigenvalue weighted by Crippen LogP contribution is 1.86. The van der Waals surface area contributed by atoms with Gasteiger partial charge in [-0.3, -0.25) is 0 Å². The fourth-order valence-corrected chi connectivity index (χ4v) is 0.467. The van der Waals surface area contributed by atoms with Gasteiger partial charge in [0.1, 0.15) is 0 Å². The van der Waals surface area contributed by atoms with E-state index in [9.17, 15) is 0 Å². The minimum atomic E-state index is 0.840. The smallest absolute Gasteiger partial charge is 0.0886 e. The van der Waals surface area contributed by atoms with Crippen molar-refractivity contribution in [1.29, 1.82) is 0 Å². The molecule has 0 N–H and O–H groups in total. The molecule has 0 saturated heterocycles. The number of hydrogen-bond acceptors (Lipinski definition) is 2. The highest BCUT2D eigenvalue weighted by atomic mass is 15.3. The van der Waals surface area contributed by atoms with Crippen molar-refractivity contribution in [2.24, 2.45) is 0 Å². The summed E-state index contributed by atoms with van der Waals surface area (Å²) in [4.78, 5) is 3.95. The monoisotopic (exact) mass is 126 g/mol. The Balaban J connectivity index is 3.45. The third-order valence-electron chi connectivity index (χ3n) is 1.07. The van der Waals surface area contributed by atoms with Crippen LogP contribution in [0, 0.1) is 0 Å². The van der Waals surface area contributed by atoms with Crippen molar-refractivity contribution in [3.05, 3.63) is 25.6 Å². The Morgan fingerprint density at radius 3 is 1.67 bits per heavy atom. The first-order chi connectivity index (χ1) is 4.20. The van der Waals surface area contributed by atoms with Crippen LogP contribution in [0.2, 0.25) is 0 Å². The van der Waals surface area contributed by atoms with E-state index in [2.05, 4.69) is 13.2 Å². The van der Waals surface area contributed by atoms with Gasteiger partial charge in [-0.15, -0.1) is 0 Å². The molecule has 0 amide bonds. The van der Waals surface area contributed by atoms with Crippen molar-refractivity contribution >= 4 is 0 Å². The predicted molar refractivity (Wildman–Crippen MR) is 40.8 cm³/mol. The zero-order valence-corrected chi connectivity index (χ0v) is 6.17. The molecule has 0 spiro atoms. The van der Waals surface area contributed by atoms with E-state index in [1.54, 1.807) is 12.4 Å². The highest BCUT2D eigenvalue weighted by molar-refractivity contribution is 4.70. The molecule has 2 nitrogen and oxygen atoms in total. The van der Waals surface area contributed by atoms with Gasteiger partial charge in [-0.05, 0) is 12.4 Å². The van der Waals surface area contributed by atoms with Crippen molar-refractivity contribution in [3.8, 4) is 0 Å². The first-order valence-electron chi connectivity index (χ1n) is 2.86. The fraction of sp³-hybridized carbons (Fsp3) is 0.429. The normalized spacial score (nSPS) is 8.22. The molecule has 0 bridgehead atoms. The summed E-state index contributed by atoms with van der Waals surface area (Å²) in [5.74, 6) is 0. The Bertz CT molecular complexity index is 87.1. The summed E-state index contributed by atoms with van der Waals surface area (Å²) in [5.41, 5.74) is 0. The molecular weight excluding hydrogens is 112 g/mol. The molecule has 2 heteroatoms. The summed E-state index contributed by atoms with van der Waals surface area (Å²) < 4.78 is 0. The molecule has 0 saturated carbocycles. The molecule has 0 aliphatic rings. The Kier molecular flexibility index (Phi) is 3.60. The number of nitrogens with zero attached hydrogens (tertiary/aromatic N) is 2. The lowest BCUT2D eigenvalue weighted by atomic mass is 10.7. The lowest BCUT2D eigenvalue weighted by molar-refractivity contribution is 0.294. The molecular formula is C7H14N2. The van der Waals surface area contributed by atoms with Gasteiger partial charge in [-0.2, -0.15) is 0 Å². The largest absolute Gasteiger partial charge is 0.364 e. The van der Waals surface area contributed by atoms with Gasteiger partial charge in [-0.1, -0.05) is 13.2 Å². The van der Waals surface area contributed by atoms with E-state index >= 15 is 0 Å². The predicted octanol–water partition coefficient (Wildman–Crippen LogP) is 1.09. The Morgan fingerprint density at radius 1 is 1.11 bits per heavy atom. The van der Waals surface area contributed by atoms with Crippen molar-refractivity contribution in [3.63, 3.8) is 0 Å². The molecule has 0 aromatic carbocycles. The van der Waals surface area contributed by atoms with Gasteiger partial charge in [0.25, 0.3) is 0 Å². The van der Waals surface area contributed by atoms with Crippen LogP contribution in [-0.4, -0.2) is 30.6 Å². The molecule has 0 aromatic heterocycles. The summed E-state index contributed by atoms with van der Waals surface area (Å²) in [6.45, 7) is 8.07. The van der Waals surface area contributed by atoms with E-state index < -0.39 is 0 Å². The molecule has 0 aliphatic heterocycles. The second-order valence-corrected chi connectivity index (χ2v) is 2.02. The Morgan fingerprint density at radius 2 is 1.44 bits per heavy atom. The zero-order chi connectivity index (χ0) is 7.28. The van der Waals surface area contributed by atoms with Crippen LogP contribution in [-0.2, 0) is 0 Å². The van der Waals surface area contributed by atoms with Gasteiger partial charge in [0.05, 0.1) is 6.67 Å². The van der Waals surface area contributed by atoms with Crippen LogP contribution in [0.1, 0.15) is 0 Å². The second-order valence-electron chi connectivity index (χ2n) is 2.02. The fourth-order valence-electron chi connectivity index (χ4n) is 0.467. The first kappa shape index (κ1) is 8.08. The van der Waals surface area contributed by atoms with Crippen molar-refractivity contribution in [1.82, 2.24) is 9.80 Å². The molecule has 0 aromatic rings. The average molecular weight is 126 g/mol. The minimum absolute atomic E-state index is 0.840. The van der Waals surface area contributed by atoms with Crippen LogP contribution in [0.3, 0.4) is 0 Å². The molecule has 0 rings (SSSR count). The minimum Gasteiger partial charge on any atom is -0.364 e. The van der Waals surface area contributed by atoms with Crippen LogP contribution in [0.25, 0.3) is 0 Å².